The number of nitrogens with one attached hydrogen (secondary N) is 2. The molecule has 110 valence electrons. The van der Waals surface area contributed by atoms with E-state index in [4.69, 9.17) is 4.74 Å². The largest absolute Gasteiger partial charge is 0.466 e. The highest BCUT2D eigenvalue weighted by atomic mass is 16.5. The topological polar surface area (TPSA) is 67.4 Å². The van der Waals surface area contributed by atoms with Crippen LogP contribution in [-0.2, 0) is 20.7 Å². The quantitative estimate of drug-likeness (QED) is 0.561. The van der Waals surface area contributed by atoms with Crippen molar-refractivity contribution in [3.63, 3.8) is 0 Å². The van der Waals surface area contributed by atoms with E-state index in [0.29, 0.717) is 13.2 Å². The van der Waals surface area contributed by atoms with Crippen molar-refractivity contribution in [2.24, 2.45) is 0 Å². The van der Waals surface area contributed by atoms with Crippen molar-refractivity contribution >= 4 is 17.6 Å². The van der Waals surface area contributed by atoms with Crippen LogP contribution in [0.5, 0.6) is 0 Å². The monoisotopic (exact) mass is 278 g/mol. The maximum atomic E-state index is 11.6. The van der Waals surface area contributed by atoms with Crippen LogP contribution in [0.2, 0.25) is 0 Å². The van der Waals surface area contributed by atoms with Crippen molar-refractivity contribution in [1.82, 2.24) is 5.32 Å². The second-order valence-corrected chi connectivity index (χ2v) is 4.33. The number of carbonyl (C=O) groups is 2. The first-order valence-electron chi connectivity index (χ1n) is 6.90. The van der Waals surface area contributed by atoms with Gasteiger partial charge in [0.2, 0.25) is 5.91 Å². The molecule has 0 fully saturated rings. The van der Waals surface area contributed by atoms with Gasteiger partial charge in [-0.2, -0.15) is 0 Å². The van der Waals surface area contributed by atoms with E-state index < -0.39 is 0 Å². The van der Waals surface area contributed by atoms with Gasteiger partial charge in [-0.3, -0.25) is 9.59 Å². The summed E-state index contributed by atoms with van der Waals surface area (Å²) in [6.45, 7) is 4.84. The third-order valence-corrected chi connectivity index (χ3v) is 2.74. The van der Waals surface area contributed by atoms with Gasteiger partial charge >= 0.3 is 5.97 Å². The third-order valence-electron chi connectivity index (χ3n) is 2.74. The van der Waals surface area contributed by atoms with Crippen molar-refractivity contribution < 1.29 is 14.3 Å². The number of hydrogen-bond donors (Lipinski definition) is 2. The lowest BCUT2D eigenvalue weighted by atomic mass is 10.1. The molecule has 5 heteroatoms. The molecule has 0 heterocycles. The molecule has 2 N–H and O–H groups in total. The predicted molar refractivity (Wildman–Crippen MR) is 78.6 cm³/mol. The average molecular weight is 278 g/mol. The van der Waals surface area contributed by atoms with Crippen molar-refractivity contribution in [2.75, 3.05) is 25.0 Å². The Morgan fingerprint density at radius 3 is 2.45 bits per heavy atom. The first-order chi connectivity index (χ1) is 9.65. The molecule has 0 spiro atoms. The number of rotatable bonds is 8. The lowest BCUT2D eigenvalue weighted by Gasteiger charge is -2.07. The number of aryl methyl sites for hydroxylation is 1. The number of ether oxygens (including phenoxy) is 1. The summed E-state index contributed by atoms with van der Waals surface area (Å²) in [5, 5.41) is 5.69. The lowest BCUT2D eigenvalue weighted by molar-refractivity contribution is -0.143. The highest BCUT2D eigenvalue weighted by molar-refractivity contribution is 5.92. The zero-order valence-corrected chi connectivity index (χ0v) is 12.1. The van der Waals surface area contributed by atoms with Crippen molar-refractivity contribution in [1.29, 1.82) is 0 Å². The summed E-state index contributed by atoms with van der Waals surface area (Å²) < 4.78 is 4.79. The molecule has 0 unspecified atom stereocenters. The van der Waals surface area contributed by atoms with Gasteiger partial charge in [0.1, 0.15) is 0 Å². The maximum Gasteiger partial charge on any atom is 0.307 e. The highest BCUT2D eigenvalue weighted by Crippen LogP contribution is 2.09. The summed E-state index contributed by atoms with van der Waals surface area (Å²) in [5.41, 5.74) is 2.01. The molecule has 0 aliphatic carbocycles. The SMILES string of the molecule is CCOC(=O)CCNCC(=O)Nc1ccc(CC)cc1. The fourth-order valence-electron chi connectivity index (χ4n) is 1.65. The smallest absolute Gasteiger partial charge is 0.307 e. The number of benzene rings is 1. The molecule has 1 rings (SSSR count). The van der Waals surface area contributed by atoms with Gasteiger partial charge in [0.25, 0.3) is 0 Å². The summed E-state index contributed by atoms with van der Waals surface area (Å²) in [4.78, 5) is 22.7. The van der Waals surface area contributed by atoms with Crippen LogP contribution in [0.25, 0.3) is 0 Å². The Hall–Kier alpha value is -1.88. The zero-order chi connectivity index (χ0) is 14.8. The highest BCUT2D eigenvalue weighted by Gasteiger charge is 2.04. The molecule has 0 saturated heterocycles. The maximum absolute atomic E-state index is 11.6. The number of amides is 1. The second-order valence-electron chi connectivity index (χ2n) is 4.33. The standard InChI is InChI=1S/C15H22N2O3/c1-3-12-5-7-13(8-6-12)17-14(18)11-16-10-9-15(19)20-4-2/h5-8,16H,3-4,9-11H2,1-2H3,(H,17,18). The van der Waals surface area contributed by atoms with Crippen LogP contribution in [0, 0.1) is 0 Å². The number of esters is 1. The van der Waals surface area contributed by atoms with Gasteiger partial charge in [0.05, 0.1) is 19.6 Å². The predicted octanol–water partition coefficient (Wildman–Crippen LogP) is 1.73. The van der Waals surface area contributed by atoms with Crippen LogP contribution in [0.15, 0.2) is 24.3 Å². The number of hydrogen-bond acceptors (Lipinski definition) is 4. The van der Waals surface area contributed by atoms with Crippen molar-refractivity contribution in [3.05, 3.63) is 29.8 Å². The van der Waals surface area contributed by atoms with Crippen LogP contribution in [0.4, 0.5) is 5.69 Å². The van der Waals surface area contributed by atoms with Crippen LogP contribution >= 0.6 is 0 Å². The fraction of sp³-hybridized carbons (Fsp3) is 0.467. The molecule has 0 atom stereocenters. The van der Waals surface area contributed by atoms with Gasteiger partial charge in [-0.1, -0.05) is 19.1 Å². The molecule has 1 aromatic carbocycles. The van der Waals surface area contributed by atoms with E-state index in [1.807, 2.05) is 24.3 Å². The van der Waals surface area contributed by atoms with Crippen LogP contribution in [-0.4, -0.2) is 31.6 Å². The molecule has 0 aromatic heterocycles. The number of anilines is 1. The normalized spacial score (nSPS) is 10.1. The van der Waals surface area contributed by atoms with E-state index in [9.17, 15) is 9.59 Å². The first-order valence-corrected chi connectivity index (χ1v) is 6.90. The molecule has 0 saturated carbocycles. The van der Waals surface area contributed by atoms with E-state index in [0.717, 1.165) is 12.1 Å². The minimum absolute atomic E-state index is 0.127. The summed E-state index contributed by atoms with van der Waals surface area (Å²) >= 11 is 0. The van der Waals surface area contributed by atoms with Crippen LogP contribution in [0.3, 0.4) is 0 Å². The van der Waals surface area contributed by atoms with E-state index >= 15 is 0 Å². The molecule has 1 aromatic rings. The molecule has 0 aliphatic rings. The molecule has 0 bridgehead atoms. The Morgan fingerprint density at radius 1 is 1.15 bits per heavy atom. The van der Waals surface area contributed by atoms with Gasteiger partial charge in [-0.05, 0) is 31.0 Å². The van der Waals surface area contributed by atoms with E-state index in [2.05, 4.69) is 17.6 Å². The summed E-state index contributed by atoms with van der Waals surface area (Å²) in [7, 11) is 0. The van der Waals surface area contributed by atoms with Crippen molar-refractivity contribution in [3.8, 4) is 0 Å². The summed E-state index contributed by atoms with van der Waals surface area (Å²) in [6.07, 6.45) is 1.25. The minimum atomic E-state index is -0.254. The van der Waals surface area contributed by atoms with E-state index in [1.165, 1.54) is 5.56 Å². The molecular weight excluding hydrogens is 256 g/mol. The third kappa shape index (κ3) is 6.33. The Balaban J connectivity index is 2.21. The minimum Gasteiger partial charge on any atom is -0.466 e. The van der Waals surface area contributed by atoms with Gasteiger partial charge in [-0.15, -0.1) is 0 Å². The number of carbonyl (C=O) groups excluding carboxylic acids is 2. The molecule has 0 aliphatic heterocycles. The summed E-state index contributed by atoms with van der Waals surface area (Å²) in [5.74, 6) is -0.381. The summed E-state index contributed by atoms with van der Waals surface area (Å²) in [6, 6.07) is 7.75. The fourth-order valence-corrected chi connectivity index (χ4v) is 1.65. The van der Waals surface area contributed by atoms with Gasteiger partial charge in [-0.25, -0.2) is 0 Å². The molecule has 0 radical (unpaired) electrons. The van der Waals surface area contributed by atoms with E-state index in [-0.39, 0.29) is 24.8 Å². The van der Waals surface area contributed by atoms with Gasteiger partial charge < -0.3 is 15.4 Å². The van der Waals surface area contributed by atoms with Gasteiger partial charge in [0, 0.05) is 12.2 Å². The zero-order valence-electron chi connectivity index (χ0n) is 12.1. The Kier molecular flexibility index (Phi) is 7.35. The Labute approximate surface area is 119 Å². The van der Waals surface area contributed by atoms with Crippen LogP contribution in [0.1, 0.15) is 25.8 Å². The average Bonchev–Trinajstić information content (AvgIpc) is 2.45. The molecular formula is C15H22N2O3. The molecule has 5 nitrogen and oxygen atoms in total. The molecule has 1 amide bonds. The Morgan fingerprint density at radius 2 is 1.85 bits per heavy atom. The van der Waals surface area contributed by atoms with Gasteiger partial charge in [0.15, 0.2) is 0 Å². The van der Waals surface area contributed by atoms with Crippen molar-refractivity contribution in [2.45, 2.75) is 26.7 Å². The Bertz CT molecular complexity index is 429. The first kappa shape index (κ1) is 16.2. The molecule has 20 heavy (non-hydrogen) atoms. The second kappa shape index (κ2) is 9.09. The van der Waals surface area contributed by atoms with Crippen LogP contribution < -0.4 is 10.6 Å². The van der Waals surface area contributed by atoms with E-state index in [1.54, 1.807) is 6.92 Å². The lowest BCUT2D eigenvalue weighted by Crippen LogP contribution is -2.29.